The molecule has 6 nitrogen and oxygen atoms in total. The van der Waals surface area contributed by atoms with E-state index in [4.69, 9.17) is 10.9 Å². The molecule has 1 aromatic rings. The molecule has 0 bridgehead atoms. The van der Waals surface area contributed by atoms with Crippen LogP contribution >= 0.6 is 0 Å². The van der Waals surface area contributed by atoms with E-state index in [0.717, 1.165) is 13.0 Å². The van der Waals surface area contributed by atoms with Crippen LogP contribution in [0.15, 0.2) is 34.3 Å². The Morgan fingerprint density at radius 2 is 1.90 bits per heavy atom. The maximum atomic E-state index is 12.2. The molecule has 112 valence electrons. The van der Waals surface area contributed by atoms with Gasteiger partial charge in [-0.3, -0.25) is 0 Å². The highest BCUT2D eigenvalue weighted by molar-refractivity contribution is 7.91. The van der Waals surface area contributed by atoms with Crippen molar-refractivity contribution in [2.75, 3.05) is 25.9 Å². The average molecular weight is 299 g/mol. The van der Waals surface area contributed by atoms with E-state index in [1.54, 1.807) is 0 Å². The molecule has 0 aliphatic rings. The largest absolute Gasteiger partial charge is 0.409 e. The first-order valence-corrected chi connectivity index (χ1v) is 8.05. The summed E-state index contributed by atoms with van der Waals surface area (Å²) in [5.41, 5.74) is 5.91. The summed E-state index contributed by atoms with van der Waals surface area (Å²) in [6.07, 6.45) is 0.991. The highest BCUT2D eigenvalue weighted by Crippen LogP contribution is 2.12. The SMILES string of the molecule is CCCN(C)CCS(=O)(=O)c1ccc(/C(N)=N/O)cc1. The van der Waals surface area contributed by atoms with Gasteiger partial charge in [-0.1, -0.05) is 12.1 Å². The van der Waals surface area contributed by atoms with Crippen molar-refractivity contribution in [2.24, 2.45) is 10.9 Å². The summed E-state index contributed by atoms with van der Waals surface area (Å²) >= 11 is 0. The third-order valence-electron chi connectivity index (χ3n) is 2.96. The van der Waals surface area contributed by atoms with Gasteiger partial charge in [-0.2, -0.15) is 0 Å². The van der Waals surface area contributed by atoms with E-state index in [1.807, 2.05) is 11.9 Å². The third-order valence-corrected chi connectivity index (χ3v) is 4.67. The lowest BCUT2D eigenvalue weighted by molar-refractivity contribution is 0.318. The van der Waals surface area contributed by atoms with Crippen molar-refractivity contribution in [2.45, 2.75) is 18.2 Å². The minimum Gasteiger partial charge on any atom is -0.409 e. The Labute approximate surface area is 119 Å². The molecular formula is C13H21N3O3S. The molecule has 0 spiro atoms. The van der Waals surface area contributed by atoms with Crippen LogP contribution in [0.25, 0.3) is 0 Å². The number of benzene rings is 1. The van der Waals surface area contributed by atoms with Crippen LogP contribution in [-0.2, 0) is 9.84 Å². The van der Waals surface area contributed by atoms with Crippen LogP contribution in [0, 0.1) is 0 Å². The Morgan fingerprint density at radius 3 is 2.40 bits per heavy atom. The summed E-state index contributed by atoms with van der Waals surface area (Å²) in [6, 6.07) is 6.00. The normalized spacial score (nSPS) is 12.8. The van der Waals surface area contributed by atoms with Gasteiger partial charge in [0.05, 0.1) is 10.6 Å². The van der Waals surface area contributed by atoms with Crippen molar-refractivity contribution >= 4 is 15.7 Å². The maximum absolute atomic E-state index is 12.2. The van der Waals surface area contributed by atoms with Crippen LogP contribution in [0.3, 0.4) is 0 Å². The summed E-state index contributed by atoms with van der Waals surface area (Å²) < 4.78 is 24.3. The molecule has 0 aliphatic heterocycles. The zero-order valence-electron chi connectivity index (χ0n) is 11.8. The molecule has 0 aliphatic carbocycles. The molecule has 1 rings (SSSR count). The summed E-state index contributed by atoms with van der Waals surface area (Å²) in [5.74, 6) is 0.0310. The van der Waals surface area contributed by atoms with E-state index in [-0.39, 0.29) is 16.5 Å². The Balaban J connectivity index is 2.78. The molecule has 0 heterocycles. The van der Waals surface area contributed by atoms with E-state index >= 15 is 0 Å². The molecule has 0 atom stereocenters. The predicted molar refractivity (Wildman–Crippen MR) is 78.8 cm³/mol. The van der Waals surface area contributed by atoms with E-state index in [9.17, 15) is 8.42 Å². The Kier molecular flexibility index (Phi) is 5.97. The standard InChI is InChI=1S/C13H21N3O3S/c1-3-8-16(2)9-10-20(18,19)12-6-4-11(5-7-12)13(14)15-17/h4-7,17H,3,8-10H2,1-2H3,(H2,14,15). The fraction of sp³-hybridized carbons (Fsp3) is 0.462. The zero-order chi connectivity index (χ0) is 15.2. The number of oxime groups is 1. The Bertz CT molecular complexity index is 553. The molecular weight excluding hydrogens is 278 g/mol. The van der Waals surface area contributed by atoms with Crippen LogP contribution in [0.1, 0.15) is 18.9 Å². The van der Waals surface area contributed by atoms with Gasteiger partial charge in [0, 0.05) is 12.1 Å². The van der Waals surface area contributed by atoms with Crippen molar-refractivity contribution in [3.8, 4) is 0 Å². The number of nitrogens with two attached hydrogens (primary N) is 1. The quantitative estimate of drug-likeness (QED) is 0.337. The molecule has 0 unspecified atom stereocenters. The van der Waals surface area contributed by atoms with Crippen molar-refractivity contribution in [3.05, 3.63) is 29.8 Å². The molecule has 0 saturated heterocycles. The maximum Gasteiger partial charge on any atom is 0.179 e. The van der Waals surface area contributed by atoms with Crippen LogP contribution in [-0.4, -0.2) is 50.3 Å². The Morgan fingerprint density at radius 1 is 1.30 bits per heavy atom. The second-order valence-corrected chi connectivity index (χ2v) is 6.74. The van der Waals surface area contributed by atoms with E-state index < -0.39 is 9.84 Å². The lowest BCUT2D eigenvalue weighted by atomic mass is 10.2. The second kappa shape index (κ2) is 7.25. The van der Waals surface area contributed by atoms with Gasteiger partial charge in [-0.05, 0) is 44.3 Å². The van der Waals surface area contributed by atoms with Gasteiger partial charge in [0.1, 0.15) is 0 Å². The van der Waals surface area contributed by atoms with Crippen molar-refractivity contribution in [3.63, 3.8) is 0 Å². The van der Waals surface area contributed by atoms with Crippen molar-refractivity contribution < 1.29 is 13.6 Å². The summed E-state index contributed by atoms with van der Waals surface area (Å²) in [6.45, 7) is 3.42. The van der Waals surface area contributed by atoms with E-state index in [0.29, 0.717) is 12.1 Å². The van der Waals surface area contributed by atoms with Gasteiger partial charge in [0.2, 0.25) is 0 Å². The van der Waals surface area contributed by atoms with Crippen molar-refractivity contribution in [1.29, 1.82) is 0 Å². The van der Waals surface area contributed by atoms with Gasteiger partial charge in [-0.15, -0.1) is 0 Å². The highest BCUT2D eigenvalue weighted by atomic mass is 32.2. The highest BCUT2D eigenvalue weighted by Gasteiger charge is 2.15. The van der Waals surface area contributed by atoms with Crippen LogP contribution < -0.4 is 5.73 Å². The molecule has 7 heteroatoms. The number of rotatable bonds is 7. The lowest BCUT2D eigenvalue weighted by Crippen LogP contribution is -2.26. The van der Waals surface area contributed by atoms with Gasteiger partial charge in [0.15, 0.2) is 15.7 Å². The molecule has 0 aromatic heterocycles. The first kappa shape index (κ1) is 16.5. The molecule has 20 heavy (non-hydrogen) atoms. The van der Waals surface area contributed by atoms with Gasteiger partial charge in [0.25, 0.3) is 0 Å². The summed E-state index contributed by atoms with van der Waals surface area (Å²) in [5, 5.41) is 11.4. The monoisotopic (exact) mass is 299 g/mol. The number of sulfone groups is 1. The first-order valence-electron chi connectivity index (χ1n) is 6.40. The average Bonchev–Trinajstić information content (AvgIpc) is 2.45. The molecule has 3 N–H and O–H groups in total. The topological polar surface area (TPSA) is 96.0 Å². The predicted octanol–water partition coefficient (Wildman–Crippen LogP) is 0.897. The number of hydrogen-bond donors (Lipinski definition) is 2. The van der Waals surface area contributed by atoms with Gasteiger partial charge in [-0.25, -0.2) is 8.42 Å². The molecule has 0 amide bonds. The molecule has 1 aromatic carbocycles. The third kappa shape index (κ3) is 4.50. The van der Waals surface area contributed by atoms with Crippen LogP contribution in [0.2, 0.25) is 0 Å². The van der Waals surface area contributed by atoms with Crippen LogP contribution in [0.4, 0.5) is 0 Å². The minimum atomic E-state index is -3.31. The number of amidine groups is 1. The molecule has 0 fully saturated rings. The number of hydrogen-bond acceptors (Lipinski definition) is 5. The van der Waals surface area contributed by atoms with Crippen molar-refractivity contribution in [1.82, 2.24) is 4.90 Å². The van der Waals surface area contributed by atoms with Crippen LogP contribution in [0.5, 0.6) is 0 Å². The van der Waals surface area contributed by atoms with E-state index in [2.05, 4.69) is 12.1 Å². The zero-order valence-corrected chi connectivity index (χ0v) is 12.6. The second-order valence-electron chi connectivity index (χ2n) is 4.63. The fourth-order valence-corrected chi connectivity index (χ4v) is 3.12. The van der Waals surface area contributed by atoms with Gasteiger partial charge >= 0.3 is 0 Å². The van der Waals surface area contributed by atoms with Gasteiger partial charge < -0.3 is 15.8 Å². The summed E-state index contributed by atoms with van der Waals surface area (Å²) in [4.78, 5) is 2.24. The molecule has 0 saturated carbocycles. The fourth-order valence-electron chi connectivity index (χ4n) is 1.78. The summed E-state index contributed by atoms with van der Waals surface area (Å²) in [7, 11) is -1.40. The Hall–Kier alpha value is -1.60. The minimum absolute atomic E-state index is 0.0448. The number of nitrogens with zero attached hydrogens (tertiary/aromatic N) is 2. The first-order chi connectivity index (χ1) is 9.40. The molecule has 0 radical (unpaired) electrons. The smallest absolute Gasteiger partial charge is 0.179 e. The van der Waals surface area contributed by atoms with E-state index in [1.165, 1.54) is 24.3 Å². The lowest BCUT2D eigenvalue weighted by Gasteiger charge is -2.15.